The summed E-state index contributed by atoms with van der Waals surface area (Å²) < 4.78 is 6.03. The van der Waals surface area contributed by atoms with Crippen molar-refractivity contribution in [3.8, 4) is 0 Å². The number of rotatable bonds is 5. The maximum absolute atomic E-state index is 6.03. The molecule has 0 aromatic carbocycles. The van der Waals surface area contributed by atoms with Crippen LogP contribution in [0.2, 0.25) is 0 Å². The minimum atomic E-state index is 0.301. The Kier molecular flexibility index (Phi) is 5.49. The molecule has 2 heteroatoms. The Morgan fingerprint density at radius 1 is 1.43 bits per heavy atom. The molecule has 0 amide bonds. The fourth-order valence-corrected chi connectivity index (χ4v) is 2.34. The quantitative estimate of drug-likeness (QED) is 0.739. The third-order valence-electron chi connectivity index (χ3n) is 3.15. The molecule has 1 saturated carbocycles. The molecule has 0 spiro atoms. The second kappa shape index (κ2) is 6.41. The molecule has 0 aliphatic heterocycles. The van der Waals surface area contributed by atoms with Gasteiger partial charge in [-0.2, -0.15) is 0 Å². The zero-order chi connectivity index (χ0) is 10.4. The van der Waals surface area contributed by atoms with Crippen molar-refractivity contribution in [3.05, 3.63) is 0 Å². The van der Waals surface area contributed by atoms with Crippen LogP contribution in [0.25, 0.3) is 0 Å². The van der Waals surface area contributed by atoms with Crippen molar-refractivity contribution in [3.63, 3.8) is 0 Å². The Morgan fingerprint density at radius 3 is 2.79 bits per heavy atom. The summed E-state index contributed by atoms with van der Waals surface area (Å²) in [4.78, 5) is 0. The molecule has 1 aliphatic carbocycles. The number of ether oxygens (including phenoxy) is 1. The Balaban J connectivity index is 2.26. The smallest absolute Gasteiger partial charge is 0.0700 e. The van der Waals surface area contributed by atoms with Crippen molar-refractivity contribution in [2.45, 2.75) is 64.6 Å². The minimum Gasteiger partial charge on any atom is -0.374 e. The molecule has 84 valence electrons. The number of hydrogen-bond donors (Lipinski definition) is 1. The standard InChI is InChI=1S/C12H25NO/c1-3-5-12(9-13)14-11-7-4-6-10(2)8-11/h10-12H,3-9,13H2,1-2H3. The van der Waals surface area contributed by atoms with E-state index in [4.69, 9.17) is 10.5 Å². The van der Waals surface area contributed by atoms with E-state index in [0.717, 1.165) is 12.3 Å². The molecule has 0 aromatic heterocycles. The van der Waals surface area contributed by atoms with Crippen molar-refractivity contribution in [1.29, 1.82) is 0 Å². The molecular weight excluding hydrogens is 174 g/mol. The monoisotopic (exact) mass is 199 g/mol. The molecule has 0 saturated heterocycles. The average Bonchev–Trinajstić information content (AvgIpc) is 2.17. The first-order valence-corrected chi connectivity index (χ1v) is 6.11. The highest BCUT2D eigenvalue weighted by atomic mass is 16.5. The summed E-state index contributed by atoms with van der Waals surface area (Å²) in [6, 6.07) is 0. The van der Waals surface area contributed by atoms with Gasteiger partial charge >= 0.3 is 0 Å². The van der Waals surface area contributed by atoms with Crippen LogP contribution in [0.4, 0.5) is 0 Å². The molecule has 0 aromatic rings. The van der Waals surface area contributed by atoms with E-state index in [9.17, 15) is 0 Å². The minimum absolute atomic E-state index is 0.301. The van der Waals surface area contributed by atoms with E-state index in [-0.39, 0.29) is 0 Å². The van der Waals surface area contributed by atoms with Crippen LogP contribution in [0, 0.1) is 5.92 Å². The third-order valence-corrected chi connectivity index (χ3v) is 3.15. The van der Waals surface area contributed by atoms with Gasteiger partial charge < -0.3 is 10.5 Å². The van der Waals surface area contributed by atoms with Crippen molar-refractivity contribution < 1.29 is 4.74 Å². The largest absolute Gasteiger partial charge is 0.374 e. The molecule has 2 nitrogen and oxygen atoms in total. The lowest BCUT2D eigenvalue weighted by atomic mass is 9.88. The lowest BCUT2D eigenvalue weighted by Crippen LogP contribution is -2.31. The van der Waals surface area contributed by atoms with Gasteiger partial charge in [-0.15, -0.1) is 0 Å². The van der Waals surface area contributed by atoms with Crippen LogP contribution in [0.3, 0.4) is 0 Å². The second-order valence-electron chi connectivity index (χ2n) is 4.68. The van der Waals surface area contributed by atoms with Gasteiger partial charge in [-0.05, 0) is 25.2 Å². The Morgan fingerprint density at radius 2 is 2.21 bits per heavy atom. The normalized spacial score (nSPS) is 30.2. The van der Waals surface area contributed by atoms with Crippen LogP contribution < -0.4 is 5.73 Å². The summed E-state index contributed by atoms with van der Waals surface area (Å²) in [6.45, 7) is 5.20. The first kappa shape index (κ1) is 12.0. The molecular formula is C12H25NO. The van der Waals surface area contributed by atoms with E-state index in [2.05, 4.69) is 13.8 Å². The van der Waals surface area contributed by atoms with E-state index in [1.165, 1.54) is 32.1 Å². The Bertz CT molecular complexity index is 149. The summed E-state index contributed by atoms with van der Waals surface area (Å²) in [5.41, 5.74) is 5.69. The van der Waals surface area contributed by atoms with Gasteiger partial charge in [0.1, 0.15) is 0 Å². The van der Waals surface area contributed by atoms with Crippen LogP contribution in [0.1, 0.15) is 52.4 Å². The van der Waals surface area contributed by atoms with Gasteiger partial charge in [0, 0.05) is 6.54 Å². The van der Waals surface area contributed by atoms with E-state index >= 15 is 0 Å². The van der Waals surface area contributed by atoms with Gasteiger partial charge in [0.05, 0.1) is 12.2 Å². The first-order chi connectivity index (χ1) is 6.76. The third kappa shape index (κ3) is 3.97. The molecule has 1 fully saturated rings. The average molecular weight is 199 g/mol. The highest BCUT2D eigenvalue weighted by Gasteiger charge is 2.21. The molecule has 0 heterocycles. The highest BCUT2D eigenvalue weighted by Crippen LogP contribution is 2.26. The van der Waals surface area contributed by atoms with Crippen molar-refractivity contribution >= 4 is 0 Å². The number of nitrogens with two attached hydrogens (primary N) is 1. The van der Waals surface area contributed by atoms with E-state index in [1.54, 1.807) is 0 Å². The van der Waals surface area contributed by atoms with Crippen molar-refractivity contribution in [2.24, 2.45) is 11.7 Å². The Hall–Kier alpha value is -0.0800. The molecule has 2 N–H and O–H groups in total. The summed E-state index contributed by atoms with van der Waals surface area (Å²) in [7, 11) is 0. The van der Waals surface area contributed by atoms with Crippen LogP contribution >= 0.6 is 0 Å². The van der Waals surface area contributed by atoms with E-state index in [0.29, 0.717) is 18.8 Å². The van der Waals surface area contributed by atoms with Gasteiger partial charge in [0.25, 0.3) is 0 Å². The van der Waals surface area contributed by atoms with Crippen molar-refractivity contribution in [1.82, 2.24) is 0 Å². The van der Waals surface area contributed by atoms with Crippen LogP contribution in [0.15, 0.2) is 0 Å². The molecule has 3 atom stereocenters. The lowest BCUT2D eigenvalue weighted by molar-refractivity contribution is -0.0378. The van der Waals surface area contributed by atoms with Gasteiger partial charge in [-0.25, -0.2) is 0 Å². The number of hydrogen-bond acceptors (Lipinski definition) is 2. The molecule has 3 unspecified atom stereocenters. The molecule has 0 radical (unpaired) electrons. The van der Waals surface area contributed by atoms with Gasteiger partial charge in [-0.1, -0.05) is 33.1 Å². The maximum Gasteiger partial charge on any atom is 0.0700 e. The zero-order valence-corrected chi connectivity index (χ0v) is 9.67. The topological polar surface area (TPSA) is 35.2 Å². The van der Waals surface area contributed by atoms with Gasteiger partial charge in [0.15, 0.2) is 0 Å². The predicted molar refractivity (Wildman–Crippen MR) is 60.3 cm³/mol. The first-order valence-electron chi connectivity index (χ1n) is 6.11. The molecule has 1 aliphatic rings. The van der Waals surface area contributed by atoms with E-state index < -0.39 is 0 Å². The fourth-order valence-electron chi connectivity index (χ4n) is 2.34. The second-order valence-corrected chi connectivity index (χ2v) is 4.68. The fraction of sp³-hybridized carbons (Fsp3) is 1.00. The van der Waals surface area contributed by atoms with E-state index in [1.807, 2.05) is 0 Å². The lowest BCUT2D eigenvalue weighted by Gasteiger charge is -2.30. The highest BCUT2D eigenvalue weighted by molar-refractivity contribution is 4.72. The molecule has 14 heavy (non-hydrogen) atoms. The Labute approximate surface area is 88.2 Å². The predicted octanol–water partition coefficient (Wildman–Crippen LogP) is 2.71. The SMILES string of the molecule is CCCC(CN)OC1CCCC(C)C1. The summed E-state index contributed by atoms with van der Waals surface area (Å²) in [5.74, 6) is 0.841. The van der Waals surface area contributed by atoms with Gasteiger partial charge in [0.2, 0.25) is 0 Å². The van der Waals surface area contributed by atoms with Crippen molar-refractivity contribution in [2.75, 3.05) is 6.54 Å². The maximum atomic E-state index is 6.03. The van der Waals surface area contributed by atoms with Crippen LogP contribution in [-0.2, 0) is 4.74 Å². The summed E-state index contributed by atoms with van der Waals surface area (Å²) in [5, 5.41) is 0. The summed E-state index contributed by atoms with van der Waals surface area (Å²) in [6.07, 6.45) is 8.25. The van der Waals surface area contributed by atoms with Crippen LogP contribution in [0.5, 0.6) is 0 Å². The van der Waals surface area contributed by atoms with Crippen LogP contribution in [-0.4, -0.2) is 18.8 Å². The summed E-state index contributed by atoms with van der Waals surface area (Å²) >= 11 is 0. The molecule has 1 rings (SSSR count). The van der Waals surface area contributed by atoms with Gasteiger partial charge in [-0.3, -0.25) is 0 Å². The molecule has 0 bridgehead atoms. The zero-order valence-electron chi connectivity index (χ0n) is 9.67.